The molecule has 1 aromatic carbocycles. The maximum atomic E-state index is 13.3. The quantitative estimate of drug-likeness (QED) is 0.825. The van der Waals surface area contributed by atoms with E-state index in [1.165, 1.54) is 19.4 Å². The number of pyridine rings is 1. The monoisotopic (exact) mass is 246 g/mol. The van der Waals surface area contributed by atoms with Crippen molar-refractivity contribution in [3.63, 3.8) is 0 Å². The van der Waals surface area contributed by atoms with Crippen molar-refractivity contribution in [2.45, 2.75) is 0 Å². The van der Waals surface area contributed by atoms with Gasteiger partial charge in [0.2, 0.25) is 0 Å². The molecule has 2 N–H and O–H groups in total. The number of nitrogens with zero attached hydrogens (tertiary/aromatic N) is 1. The van der Waals surface area contributed by atoms with E-state index in [4.69, 9.17) is 5.73 Å². The van der Waals surface area contributed by atoms with Crippen molar-refractivity contribution >= 4 is 11.8 Å². The van der Waals surface area contributed by atoms with Crippen LogP contribution in [0.2, 0.25) is 0 Å². The van der Waals surface area contributed by atoms with Crippen molar-refractivity contribution < 1.29 is 13.9 Å². The predicted octanol–water partition coefficient (Wildman–Crippen LogP) is 2.26. The van der Waals surface area contributed by atoms with Gasteiger partial charge in [-0.3, -0.25) is 0 Å². The fourth-order valence-corrected chi connectivity index (χ4v) is 1.55. The fraction of sp³-hybridized carbons (Fsp3) is 0.0769. The number of carbonyl (C=O) groups excluding carboxylic acids is 1. The summed E-state index contributed by atoms with van der Waals surface area (Å²) < 4.78 is 17.9. The number of nitrogen functional groups attached to an aromatic ring is 1. The van der Waals surface area contributed by atoms with Crippen LogP contribution in [0.15, 0.2) is 36.5 Å². The zero-order valence-electron chi connectivity index (χ0n) is 9.68. The molecule has 5 heteroatoms. The zero-order chi connectivity index (χ0) is 13.1. The number of nitrogens with two attached hydrogens (primary N) is 1. The van der Waals surface area contributed by atoms with Crippen molar-refractivity contribution in [2.75, 3.05) is 12.8 Å². The summed E-state index contributed by atoms with van der Waals surface area (Å²) in [6.07, 6.45) is 1.45. The van der Waals surface area contributed by atoms with Gasteiger partial charge in [-0.25, -0.2) is 14.2 Å². The molecular weight excluding hydrogens is 235 g/mol. The molecule has 1 aromatic heterocycles. The van der Waals surface area contributed by atoms with E-state index in [-0.39, 0.29) is 5.82 Å². The van der Waals surface area contributed by atoms with Gasteiger partial charge in [-0.1, -0.05) is 12.1 Å². The number of hydrogen-bond donors (Lipinski definition) is 1. The Balaban J connectivity index is 2.44. The second-order valence-electron chi connectivity index (χ2n) is 3.66. The lowest BCUT2D eigenvalue weighted by Crippen LogP contribution is -2.01. The SMILES string of the molecule is COC(=O)c1cccc(-c2cnc(N)c(F)c2)c1. The highest BCUT2D eigenvalue weighted by Gasteiger charge is 2.08. The van der Waals surface area contributed by atoms with Crippen LogP contribution in [0.3, 0.4) is 0 Å². The average molecular weight is 246 g/mol. The summed E-state index contributed by atoms with van der Waals surface area (Å²) in [5, 5.41) is 0. The molecule has 0 saturated carbocycles. The maximum absolute atomic E-state index is 13.3. The lowest BCUT2D eigenvalue weighted by atomic mass is 10.0. The summed E-state index contributed by atoms with van der Waals surface area (Å²) in [6.45, 7) is 0. The van der Waals surface area contributed by atoms with Gasteiger partial charge in [-0.15, -0.1) is 0 Å². The molecule has 0 saturated heterocycles. The third-order valence-corrected chi connectivity index (χ3v) is 2.49. The first-order valence-corrected chi connectivity index (χ1v) is 5.21. The van der Waals surface area contributed by atoms with Crippen molar-refractivity contribution in [2.24, 2.45) is 0 Å². The van der Waals surface area contributed by atoms with Crippen molar-refractivity contribution in [1.82, 2.24) is 4.98 Å². The molecule has 0 aliphatic heterocycles. The van der Waals surface area contributed by atoms with Gasteiger partial charge in [0, 0.05) is 11.8 Å². The number of rotatable bonds is 2. The minimum absolute atomic E-state index is 0.150. The number of hydrogen-bond acceptors (Lipinski definition) is 4. The van der Waals surface area contributed by atoms with Crippen LogP contribution in [0, 0.1) is 5.82 Å². The van der Waals surface area contributed by atoms with E-state index in [1.807, 2.05) is 0 Å². The first-order chi connectivity index (χ1) is 8.61. The Kier molecular flexibility index (Phi) is 3.23. The van der Waals surface area contributed by atoms with Gasteiger partial charge in [-0.2, -0.15) is 0 Å². The Hall–Kier alpha value is -2.43. The third kappa shape index (κ3) is 2.29. The summed E-state index contributed by atoms with van der Waals surface area (Å²) in [5.74, 6) is -1.18. The topological polar surface area (TPSA) is 65.2 Å². The molecule has 0 aliphatic carbocycles. The smallest absolute Gasteiger partial charge is 0.337 e. The normalized spacial score (nSPS) is 10.1. The number of esters is 1. The standard InChI is InChI=1S/C13H11FN2O2/c1-18-13(17)9-4-2-3-8(5-9)10-6-11(14)12(15)16-7-10/h2-7H,1H3,(H2,15,16). The molecule has 0 unspecified atom stereocenters. The van der Waals surface area contributed by atoms with Crippen LogP contribution in [0.5, 0.6) is 0 Å². The molecule has 92 valence electrons. The Morgan fingerprint density at radius 3 is 2.78 bits per heavy atom. The molecule has 0 spiro atoms. The first kappa shape index (κ1) is 12.0. The van der Waals surface area contributed by atoms with Gasteiger partial charge in [0.25, 0.3) is 0 Å². The van der Waals surface area contributed by atoms with Crippen molar-refractivity contribution in [3.05, 3.63) is 47.9 Å². The number of benzene rings is 1. The minimum Gasteiger partial charge on any atom is -0.465 e. The largest absolute Gasteiger partial charge is 0.465 e. The second-order valence-corrected chi connectivity index (χ2v) is 3.66. The average Bonchev–Trinajstić information content (AvgIpc) is 2.41. The van der Waals surface area contributed by atoms with Gasteiger partial charge < -0.3 is 10.5 Å². The van der Waals surface area contributed by atoms with Crippen molar-refractivity contribution in [1.29, 1.82) is 0 Å². The molecule has 2 aromatic rings. The van der Waals surface area contributed by atoms with Crippen LogP contribution in [-0.2, 0) is 4.74 Å². The first-order valence-electron chi connectivity index (χ1n) is 5.21. The summed E-state index contributed by atoms with van der Waals surface area (Å²) in [6, 6.07) is 7.95. The van der Waals surface area contributed by atoms with Crippen LogP contribution in [0.4, 0.5) is 10.2 Å². The van der Waals surface area contributed by atoms with Crippen LogP contribution in [-0.4, -0.2) is 18.1 Å². The molecule has 0 aliphatic rings. The van der Waals surface area contributed by atoms with E-state index in [1.54, 1.807) is 24.3 Å². The molecule has 2 rings (SSSR count). The van der Waals surface area contributed by atoms with Gasteiger partial charge in [-0.05, 0) is 23.8 Å². The molecule has 0 bridgehead atoms. The number of aromatic nitrogens is 1. The second kappa shape index (κ2) is 4.83. The van der Waals surface area contributed by atoms with E-state index in [0.717, 1.165) is 0 Å². The van der Waals surface area contributed by atoms with Gasteiger partial charge in [0.05, 0.1) is 12.7 Å². The Morgan fingerprint density at radius 2 is 2.11 bits per heavy atom. The Labute approximate surface area is 103 Å². The number of ether oxygens (including phenoxy) is 1. The van der Waals surface area contributed by atoms with Gasteiger partial charge in [0.15, 0.2) is 11.6 Å². The predicted molar refractivity (Wildman–Crippen MR) is 65.4 cm³/mol. The Bertz CT molecular complexity index is 599. The lowest BCUT2D eigenvalue weighted by Gasteiger charge is -2.05. The van der Waals surface area contributed by atoms with Crippen LogP contribution in [0.1, 0.15) is 10.4 Å². The van der Waals surface area contributed by atoms with E-state index >= 15 is 0 Å². The number of halogens is 1. The fourth-order valence-electron chi connectivity index (χ4n) is 1.55. The van der Waals surface area contributed by atoms with Crippen molar-refractivity contribution in [3.8, 4) is 11.1 Å². The van der Waals surface area contributed by atoms with E-state index in [2.05, 4.69) is 9.72 Å². The summed E-state index contributed by atoms with van der Waals surface area (Å²) in [4.78, 5) is 15.1. The molecular formula is C13H11FN2O2. The lowest BCUT2D eigenvalue weighted by molar-refractivity contribution is 0.0601. The van der Waals surface area contributed by atoms with Crippen LogP contribution in [0.25, 0.3) is 11.1 Å². The summed E-state index contributed by atoms with van der Waals surface area (Å²) >= 11 is 0. The molecule has 4 nitrogen and oxygen atoms in total. The molecule has 1 heterocycles. The van der Waals surface area contributed by atoms with Crippen LogP contribution >= 0.6 is 0 Å². The van der Waals surface area contributed by atoms with Gasteiger partial charge in [0.1, 0.15) is 0 Å². The number of anilines is 1. The van der Waals surface area contributed by atoms with E-state index in [0.29, 0.717) is 16.7 Å². The highest BCUT2D eigenvalue weighted by atomic mass is 19.1. The highest BCUT2D eigenvalue weighted by molar-refractivity contribution is 5.90. The molecule has 0 radical (unpaired) electrons. The molecule has 18 heavy (non-hydrogen) atoms. The maximum Gasteiger partial charge on any atom is 0.337 e. The minimum atomic E-state index is -0.587. The molecule has 0 fully saturated rings. The van der Waals surface area contributed by atoms with E-state index < -0.39 is 11.8 Å². The van der Waals surface area contributed by atoms with E-state index in [9.17, 15) is 9.18 Å². The van der Waals surface area contributed by atoms with Gasteiger partial charge >= 0.3 is 5.97 Å². The Morgan fingerprint density at radius 1 is 1.33 bits per heavy atom. The number of carbonyl (C=O) groups is 1. The summed E-state index contributed by atoms with van der Waals surface area (Å²) in [5.41, 5.74) is 6.92. The highest BCUT2D eigenvalue weighted by Crippen LogP contribution is 2.22. The summed E-state index contributed by atoms with van der Waals surface area (Å²) in [7, 11) is 1.31. The third-order valence-electron chi connectivity index (χ3n) is 2.49. The van der Waals surface area contributed by atoms with Crippen LogP contribution < -0.4 is 5.73 Å². The zero-order valence-corrected chi connectivity index (χ0v) is 9.68. The molecule has 0 amide bonds. The number of methoxy groups -OCH3 is 1. The molecule has 0 atom stereocenters.